The Bertz CT molecular complexity index is 274. The van der Waals surface area contributed by atoms with E-state index in [4.69, 9.17) is 5.26 Å². The highest BCUT2D eigenvalue weighted by molar-refractivity contribution is 7.10. The Kier molecular flexibility index (Phi) is 3.94. The molecule has 1 N–H and O–H groups in total. The number of thiophene rings is 1. The van der Waals surface area contributed by atoms with Gasteiger partial charge in [-0.2, -0.15) is 5.26 Å². The second-order valence-corrected chi connectivity index (χ2v) is 4.15. The van der Waals surface area contributed by atoms with Crippen LogP contribution in [0.2, 0.25) is 0 Å². The first-order valence-electron chi connectivity index (χ1n) is 4.40. The van der Waals surface area contributed by atoms with Crippen molar-refractivity contribution in [2.45, 2.75) is 19.9 Å². The molecule has 0 saturated carbocycles. The van der Waals surface area contributed by atoms with Crippen LogP contribution in [0.5, 0.6) is 0 Å². The van der Waals surface area contributed by atoms with Gasteiger partial charge in [-0.1, -0.05) is 6.07 Å². The van der Waals surface area contributed by atoms with Crippen molar-refractivity contribution >= 4 is 11.3 Å². The minimum atomic E-state index is 0.0856. The highest BCUT2D eigenvalue weighted by Gasteiger charge is 2.06. The Morgan fingerprint density at radius 3 is 2.92 bits per heavy atom. The summed E-state index contributed by atoms with van der Waals surface area (Å²) in [6, 6.07) is 6.72. The molecule has 0 aliphatic carbocycles. The normalized spacial score (nSPS) is 14.8. The van der Waals surface area contributed by atoms with Gasteiger partial charge < -0.3 is 5.32 Å². The molecule has 2 nitrogen and oxygen atoms in total. The molecular weight excluding hydrogens is 180 g/mol. The van der Waals surface area contributed by atoms with Crippen LogP contribution in [0.1, 0.15) is 24.8 Å². The van der Waals surface area contributed by atoms with Crippen molar-refractivity contribution in [3.8, 4) is 6.07 Å². The predicted octanol–water partition coefficient (Wildman–Crippen LogP) is 2.56. The van der Waals surface area contributed by atoms with Gasteiger partial charge >= 0.3 is 0 Å². The van der Waals surface area contributed by atoms with E-state index < -0.39 is 0 Å². The van der Waals surface area contributed by atoms with Crippen molar-refractivity contribution in [2.24, 2.45) is 5.92 Å². The smallest absolute Gasteiger partial charge is 0.0666 e. The Morgan fingerprint density at radius 1 is 1.62 bits per heavy atom. The summed E-state index contributed by atoms with van der Waals surface area (Å²) in [5, 5.41) is 14.0. The highest BCUT2D eigenvalue weighted by atomic mass is 32.1. The summed E-state index contributed by atoms with van der Waals surface area (Å²) >= 11 is 1.74. The maximum absolute atomic E-state index is 8.59. The Labute approximate surface area is 83.2 Å². The van der Waals surface area contributed by atoms with E-state index in [9.17, 15) is 0 Å². The van der Waals surface area contributed by atoms with Gasteiger partial charge in [0.2, 0.25) is 0 Å². The second-order valence-electron chi connectivity index (χ2n) is 3.18. The van der Waals surface area contributed by atoms with Gasteiger partial charge in [0.15, 0.2) is 0 Å². The molecule has 0 spiro atoms. The van der Waals surface area contributed by atoms with Crippen LogP contribution in [0.4, 0.5) is 0 Å². The molecule has 0 amide bonds. The number of rotatable bonds is 4. The van der Waals surface area contributed by atoms with Crippen molar-refractivity contribution < 1.29 is 0 Å². The van der Waals surface area contributed by atoms with Gasteiger partial charge in [-0.15, -0.1) is 11.3 Å². The molecule has 0 aromatic carbocycles. The average Bonchev–Trinajstić information content (AvgIpc) is 2.66. The zero-order valence-corrected chi connectivity index (χ0v) is 8.77. The van der Waals surface area contributed by atoms with Crippen LogP contribution in [-0.2, 0) is 0 Å². The highest BCUT2D eigenvalue weighted by Crippen LogP contribution is 2.17. The lowest BCUT2D eigenvalue weighted by molar-refractivity contribution is 0.533. The number of hydrogen-bond donors (Lipinski definition) is 1. The average molecular weight is 194 g/mol. The van der Waals surface area contributed by atoms with Crippen LogP contribution < -0.4 is 5.32 Å². The Hall–Kier alpha value is -0.850. The van der Waals surface area contributed by atoms with E-state index in [-0.39, 0.29) is 5.92 Å². The second kappa shape index (κ2) is 5.00. The van der Waals surface area contributed by atoms with Gasteiger partial charge in [-0.05, 0) is 25.3 Å². The summed E-state index contributed by atoms with van der Waals surface area (Å²) < 4.78 is 0. The van der Waals surface area contributed by atoms with Crippen LogP contribution in [0.25, 0.3) is 0 Å². The van der Waals surface area contributed by atoms with E-state index in [0.29, 0.717) is 6.04 Å². The largest absolute Gasteiger partial charge is 0.308 e. The first-order valence-corrected chi connectivity index (χ1v) is 5.28. The third-order valence-electron chi connectivity index (χ3n) is 1.92. The minimum absolute atomic E-state index is 0.0856. The number of nitriles is 1. The molecule has 1 rings (SSSR count). The molecular formula is C10H14N2S. The molecule has 0 fully saturated rings. The molecule has 0 radical (unpaired) electrons. The molecule has 0 aliphatic rings. The van der Waals surface area contributed by atoms with E-state index in [0.717, 1.165) is 6.54 Å². The van der Waals surface area contributed by atoms with Crippen molar-refractivity contribution in [3.05, 3.63) is 22.4 Å². The van der Waals surface area contributed by atoms with Crippen LogP contribution in [0.15, 0.2) is 17.5 Å². The van der Waals surface area contributed by atoms with Gasteiger partial charge in [-0.3, -0.25) is 0 Å². The zero-order chi connectivity index (χ0) is 9.68. The van der Waals surface area contributed by atoms with Gasteiger partial charge in [-0.25, -0.2) is 0 Å². The first-order chi connectivity index (χ1) is 6.24. The molecule has 3 heteroatoms. The number of nitrogens with one attached hydrogen (secondary N) is 1. The van der Waals surface area contributed by atoms with E-state index in [1.807, 2.05) is 13.0 Å². The van der Waals surface area contributed by atoms with E-state index >= 15 is 0 Å². The van der Waals surface area contributed by atoms with Gasteiger partial charge in [0, 0.05) is 17.5 Å². The minimum Gasteiger partial charge on any atom is -0.308 e. The maximum Gasteiger partial charge on any atom is 0.0666 e. The molecule has 1 aromatic heterocycles. The monoisotopic (exact) mass is 194 g/mol. The Morgan fingerprint density at radius 2 is 2.38 bits per heavy atom. The molecule has 0 aliphatic heterocycles. The first kappa shape index (κ1) is 10.2. The predicted molar refractivity (Wildman–Crippen MR) is 55.5 cm³/mol. The summed E-state index contributed by atoms with van der Waals surface area (Å²) in [6.45, 7) is 4.81. The fraction of sp³-hybridized carbons (Fsp3) is 0.500. The topological polar surface area (TPSA) is 35.8 Å². The number of nitrogens with zero attached hydrogens (tertiary/aromatic N) is 1. The fourth-order valence-electron chi connectivity index (χ4n) is 1.04. The van der Waals surface area contributed by atoms with Crippen molar-refractivity contribution in [2.75, 3.05) is 6.54 Å². The van der Waals surface area contributed by atoms with Crippen molar-refractivity contribution in [1.82, 2.24) is 5.32 Å². The van der Waals surface area contributed by atoms with Crippen molar-refractivity contribution in [1.29, 1.82) is 5.26 Å². The SMILES string of the molecule is CC(C#N)CNC(C)c1cccs1. The summed E-state index contributed by atoms with van der Waals surface area (Å²) in [4.78, 5) is 1.32. The van der Waals surface area contributed by atoms with Gasteiger partial charge in [0.25, 0.3) is 0 Å². The zero-order valence-electron chi connectivity index (χ0n) is 7.95. The summed E-state index contributed by atoms with van der Waals surface area (Å²) in [5.41, 5.74) is 0. The van der Waals surface area contributed by atoms with Crippen LogP contribution in [0.3, 0.4) is 0 Å². The van der Waals surface area contributed by atoms with Crippen LogP contribution >= 0.6 is 11.3 Å². The maximum atomic E-state index is 8.59. The summed E-state index contributed by atoms with van der Waals surface area (Å²) in [6.07, 6.45) is 0. The molecule has 0 saturated heterocycles. The fourth-order valence-corrected chi connectivity index (χ4v) is 1.80. The lowest BCUT2D eigenvalue weighted by Crippen LogP contribution is -2.23. The van der Waals surface area contributed by atoms with Crippen LogP contribution in [-0.4, -0.2) is 6.54 Å². The molecule has 13 heavy (non-hydrogen) atoms. The molecule has 2 atom stereocenters. The standard InChI is InChI=1S/C10H14N2S/c1-8(6-11)7-12-9(2)10-4-3-5-13-10/h3-5,8-9,12H,7H2,1-2H3. The molecule has 0 bridgehead atoms. The van der Waals surface area contributed by atoms with E-state index in [1.165, 1.54) is 4.88 Å². The molecule has 2 unspecified atom stereocenters. The van der Waals surface area contributed by atoms with E-state index in [2.05, 4.69) is 29.8 Å². The van der Waals surface area contributed by atoms with Crippen LogP contribution in [0, 0.1) is 17.2 Å². The lowest BCUT2D eigenvalue weighted by atomic mass is 10.2. The summed E-state index contributed by atoms with van der Waals surface area (Å²) in [7, 11) is 0. The number of hydrogen-bond acceptors (Lipinski definition) is 3. The quantitative estimate of drug-likeness (QED) is 0.799. The van der Waals surface area contributed by atoms with Gasteiger partial charge in [0.05, 0.1) is 12.0 Å². The van der Waals surface area contributed by atoms with E-state index in [1.54, 1.807) is 11.3 Å². The van der Waals surface area contributed by atoms with Gasteiger partial charge in [0.1, 0.15) is 0 Å². The molecule has 70 valence electrons. The third kappa shape index (κ3) is 3.17. The third-order valence-corrected chi connectivity index (χ3v) is 2.98. The lowest BCUT2D eigenvalue weighted by Gasteiger charge is -2.12. The molecule has 1 aromatic rings. The van der Waals surface area contributed by atoms with Crippen molar-refractivity contribution in [3.63, 3.8) is 0 Å². The summed E-state index contributed by atoms with van der Waals surface area (Å²) in [5.74, 6) is 0.0856. The molecule has 1 heterocycles. The Balaban J connectivity index is 2.35.